The van der Waals surface area contributed by atoms with Gasteiger partial charge in [-0.3, -0.25) is 9.69 Å². The molecule has 35 heavy (non-hydrogen) atoms. The molecule has 5 fully saturated rings. The minimum atomic E-state index is -0.832. The molecule has 5 aliphatic rings. The summed E-state index contributed by atoms with van der Waals surface area (Å²) in [7, 11) is 0. The molecule has 2 saturated heterocycles. The number of ether oxygens (including phenoxy) is 2. The molecule has 3 aliphatic carbocycles. The number of likely N-dealkylation sites (tertiary alicyclic amines) is 1. The molecule has 2 aliphatic heterocycles. The molecule has 1 amide bonds. The van der Waals surface area contributed by atoms with Crippen LogP contribution in [0, 0.1) is 35.5 Å². The summed E-state index contributed by atoms with van der Waals surface area (Å²) in [6, 6.07) is 0. The van der Waals surface area contributed by atoms with Gasteiger partial charge in [0.05, 0.1) is 37.4 Å². The maximum Gasteiger partial charge on any atom is 0.230 e. The topological polar surface area (TPSA) is 82.5 Å². The molecule has 0 spiro atoms. The summed E-state index contributed by atoms with van der Waals surface area (Å²) >= 11 is 0. The average Bonchev–Trinajstić information content (AvgIpc) is 3.30. The van der Waals surface area contributed by atoms with Crippen LogP contribution in [0.15, 0.2) is 0 Å². The van der Waals surface area contributed by atoms with Crippen LogP contribution in [-0.2, 0) is 14.3 Å². The fourth-order valence-corrected chi connectivity index (χ4v) is 7.77. The van der Waals surface area contributed by atoms with Crippen molar-refractivity contribution in [3.8, 4) is 0 Å². The van der Waals surface area contributed by atoms with E-state index in [0.717, 1.165) is 45.9 Å². The van der Waals surface area contributed by atoms with Crippen molar-refractivity contribution in [2.24, 2.45) is 35.5 Å². The number of hydrogen-bond acceptors (Lipinski definition) is 6. The molecule has 7 nitrogen and oxygen atoms in total. The molecular formula is C28H48N2O5. The van der Waals surface area contributed by atoms with Crippen LogP contribution in [0.4, 0.5) is 0 Å². The van der Waals surface area contributed by atoms with E-state index in [1.165, 1.54) is 51.4 Å². The molecule has 0 bridgehead atoms. The minimum Gasteiger partial charge on any atom is -0.393 e. The Labute approximate surface area is 211 Å². The Morgan fingerprint density at radius 2 is 1.66 bits per heavy atom. The number of aliphatic hydroxyl groups excluding tert-OH is 2. The van der Waals surface area contributed by atoms with Crippen molar-refractivity contribution in [1.29, 1.82) is 0 Å². The van der Waals surface area contributed by atoms with Gasteiger partial charge in [0, 0.05) is 51.7 Å². The fraction of sp³-hybridized carbons (Fsp3) is 0.964. The van der Waals surface area contributed by atoms with Crippen molar-refractivity contribution < 1.29 is 24.5 Å². The molecule has 0 aromatic carbocycles. The van der Waals surface area contributed by atoms with Crippen LogP contribution in [0.5, 0.6) is 0 Å². The Hall–Kier alpha value is -0.730. The third-order valence-electron chi connectivity index (χ3n) is 10.0. The zero-order valence-electron chi connectivity index (χ0n) is 21.7. The molecule has 0 aromatic rings. The highest BCUT2D eigenvalue weighted by Crippen LogP contribution is 2.42. The van der Waals surface area contributed by atoms with E-state index in [1.807, 2.05) is 11.8 Å². The summed E-state index contributed by atoms with van der Waals surface area (Å²) in [5, 5.41) is 21.6. The smallest absolute Gasteiger partial charge is 0.230 e. The van der Waals surface area contributed by atoms with E-state index in [9.17, 15) is 15.0 Å². The average molecular weight is 493 g/mol. The highest BCUT2D eigenvalue weighted by Gasteiger charge is 2.49. The predicted octanol–water partition coefficient (Wildman–Crippen LogP) is 2.54. The lowest BCUT2D eigenvalue weighted by Crippen LogP contribution is -2.55. The Bertz CT molecular complexity index is 695. The van der Waals surface area contributed by atoms with E-state index < -0.39 is 24.2 Å². The first-order valence-electron chi connectivity index (χ1n) is 14.6. The number of rotatable bonds is 6. The van der Waals surface area contributed by atoms with Gasteiger partial charge < -0.3 is 24.6 Å². The number of amides is 1. The lowest BCUT2D eigenvalue weighted by Gasteiger charge is -2.43. The number of morpholine rings is 1. The molecule has 0 radical (unpaired) electrons. The van der Waals surface area contributed by atoms with Crippen molar-refractivity contribution in [2.45, 2.75) is 83.0 Å². The van der Waals surface area contributed by atoms with Gasteiger partial charge in [-0.15, -0.1) is 0 Å². The van der Waals surface area contributed by atoms with E-state index in [2.05, 4.69) is 4.90 Å². The van der Waals surface area contributed by atoms with Crippen molar-refractivity contribution in [3.63, 3.8) is 0 Å². The quantitative estimate of drug-likeness (QED) is 0.593. The zero-order chi connectivity index (χ0) is 24.4. The van der Waals surface area contributed by atoms with Gasteiger partial charge in [-0.1, -0.05) is 26.2 Å². The van der Waals surface area contributed by atoms with Gasteiger partial charge in [-0.2, -0.15) is 0 Å². The normalized spacial score (nSPS) is 41.6. The molecule has 0 aromatic heterocycles. The second-order valence-corrected chi connectivity index (χ2v) is 12.4. The van der Waals surface area contributed by atoms with Crippen LogP contribution in [0.3, 0.4) is 0 Å². The van der Waals surface area contributed by atoms with E-state index in [-0.39, 0.29) is 18.2 Å². The Morgan fingerprint density at radius 3 is 2.43 bits per heavy atom. The van der Waals surface area contributed by atoms with Crippen LogP contribution in [-0.4, -0.2) is 96.8 Å². The number of carbonyl (C=O) groups is 1. The molecule has 3 saturated carbocycles. The summed E-state index contributed by atoms with van der Waals surface area (Å²) in [4.78, 5) is 18.4. The number of nitrogens with zero attached hydrogens (tertiary/aromatic N) is 2. The third kappa shape index (κ3) is 6.06. The standard InChI is InChI=1S/C28H48N2O5/c1-19-24(31)14-25(32)26(27(19)35-18-20-5-3-2-4-6-20)28(33)30-16-22-8-7-21(13-23(22)17-30)15-29-9-11-34-12-10-29/h19-27,31-32H,2-18H2,1H3. The summed E-state index contributed by atoms with van der Waals surface area (Å²) < 4.78 is 11.9. The molecule has 5 rings (SSSR count). The molecule has 8 unspecified atom stereocenters. The fourth-order valence-electron chi connectivity index (χ4n) is 7.77. The molecule has 2 N–H and O–H groups in total. The second kappa shape index (κ2) is 11.8. The summed E-state index contributed by atoms with van der Waals surface area (Å²) in [5.41, 5.74) is 0. The lowest BCUT2D eigenvalue weighted by molar-refractivity contribution is -0.169. The number of fused-ring (bicyclic) bond motifs is 1. The van der Waals surface area contributed by atoms with Gasteiger partial charge in [0.15, 0.2) is 0 Å². The molecule has 7 heteroatoms. The van der Waals surface area contributed by atoms with Gasteiger partial charge in [-0.05, 0) is 55.8 Å². The Balaban J connectivity index is 1.19. The monoisotopic (exact) mass is 492 g/mol. The van der Waals surface area contributed by atoms with Crippen LogP contribution in [0.1, 0.15) is 64.7 Å². The van der Waals surface area contributed by atoms with Crippen LogP contribution >= 0.6 is 0 Å². The minimum absolute atomic E-state index is 0.0593. The third-order valence-corrected chi connectivity index (χ3v) is 10.0. The number of hydrogen-bond donors (Lipinski definition) is 2. The number of aliphatic hydroxyl groups is 2. The Kier molecular flexibility index (Phi) is 8.70. The summed E-state index contributed by atoms with van der Waals surface area (Å²) in [6.45, 7) is 9.22. The first-order valence-corrected chi connectivity index (χ1v) is 14.6. The van der Waals surface area contributed by atoms with Crippen LogP contribution < -0.4 is 0 Å². The molecule has 200 valence electrons. The van der Waals surface area contributed by atoms with Gasteiger partial charge in [0.1, 0.15) is 0 Å². The van der Waals surface area contributed by atoms with Crippen LogP contribution in [0.25, 0.3) is 0 Å². The summed E-state index contributed by atoms with van der Waals surface area (Å²) in [5.74, 6) is 1.78. The van der Waals surface area contributed by atoms with Gasteiger partial charge in [-0.25, -0.2) is 0 Å². The maximum atomic E-state index is 13.8. The lowest BCUT2D eigenvalue weighted by atomic mass is 9.75. The molecule has 2 heterocycles. The first kappa shape index (κ1) is 25.9. The Morgan fingerprint density at radius 1 is 0.914 bits per heavy atom. The SMILES string of the molecule is CC1C(O)CC(O)C(C(=O)N2CC3CCC(CN4CCOCC4)CC3C2)C1OCC1CCCCC1. The van der Waals surface area contributed by atoms with Crippen molar-refractivity contribution in [2.75, 3.05) is 52.5 Å². The highest BCUT2D eigenvalue weighted by molar-refractivity contribution is 5.80. The van der Waals surface area contributed by atoms with Crippen LogP contribution in [0.2, 0.25) is 0 Å². The first-order chi connectivity index (χ1) is 17.0. The van der Waals surface area contributed by atoms with E-state index >= 15 is 0 Å². The number of carbonyl (C=O) groups excluding carboxylic acids is 1. The second-order valence-electron chi connectivity index (χ2n) is 12.4. The highest BCUT2D eigenvalue weighted by atomic mass is 16.5. The predicted molar refractivity (Wildman–Crippen MR) is 134 cm³/mol. The molecular weight excluding hydrogens is 444 g/mol. The largest absolute Gasteiger partial charge is 0.393 e. The van der Waals surface area contributed by atoms with Gasteiger partial charge >= 0.3 is 0 Å². The van der Waals surface area contributed by atoms with Crippen molar-refractivity contribution in [1.82, 2.24) is 9.80 Å². The summed E-state index contributed by atoms with van der Waals surface area (Å²) in [6.07, 6.45) is 8.26. The van der Waals surface area contributed by atoms with Gasteiger partial charge in [0.2, 0.25) is 5.91 Å². The van der Waals surface area contributed by atoms with E-state index in [1.54, 1.807) is 0 Å². The molecule has 8 atom stereocenters. The maximum absolute atomic E-state index is 13.8. The van der Waals surface area contributed by atoms with E-state index in [0.29, 0.717) is 30.3 Å². The van der Waals surface area contributed by atoms with Crippen molar-refractivity contribution >= 4 is 5.91 Å². The van der Waals surface area contributed by atoms with Gasteiger partial charge in [0.25, 0.3) is 0 Å². The zero-order valence-corrected chi connectivity index (χ0v) is 21.7. The van der Waals surface area contributed by atoms with Crippen molar-refractivity contribution in [3.05, 3.63) is 0 Å². The van der Waals surface area contributed by atoms with E-state index in [4.69, 9.17) is 9.47 Å².